The molecule has 0 aliphatic carbocycles. The Hall–Kier alpha value is -0.715. The van der Waals surface area contributed by atoms with Crippen LogP contribution in [0.2, 0.25) is 15.1 Å². The van der Waals surface area contributed by atoms with Gasteiger partial charge in [0.1, 0.15) is 0 Å². The van der Waals surface area contributed by atoms with Crippen LogP contribution >= 0.6 is 34.8 Å². The van der Waals surface area contributed by atoms with Crippen LogP contribution in [-0.2, 0) is 14.1 Å². The van der Waals surface area contributed by atoms with Crippen molar-refractivity contribution >= 4 is 53.9 Å². The molecule has 2 rings (SSSR count). The van der Waals surface area contributed by atoms with Gasteiger partial charge in [-0.3, -0.25) is 4.79 Å². The van der Waals surface area contributed by atoms with E-state index in [1.807, 2.05) is 33.8 Å². The first-order valence-corrected chi connectivity index (χ1v) is 9.01. The molecule has 0 radical (unpaired) electrons. The van der Waals surface area contributed by atoms with E-state index in [4.69, 9.17) is 44.1 Å². The smallest absolute Gasteiger partial charge is 0.400 e. The number of carbonyl (C=O) groups excluding carboxylic acids is 1. The molecule has 0 unspecified atom stereocenters. The highest BCUT2D eigenvalue weighted by Crippen LogP contribution is 2.39. The van der Waals surface area contributed by atoms with Gasteiger partial charge >= 0.3 is 7.12 Å². The maximum absolute atomic E-state index is 11.4. The van der Waals surface area contributed by atoms with Crippen molar-refractivity contribution in [2.75, 3.05) is 6.54 Å². The first kappa shape index (κ1) is 20.6. The van der Waals surface area contributed by atoms with Crippen LogP contribution < -0.4 is 5.32 Å². The van der Waals surface area contributed by atoms with Crippen LogP contribution in [0.4, 0.5) is 0 Å². The number of amides is 1. The Kier molecular flexibility index (Phi) is 6.17. The van der Waals surface area contributed by atoms with E-state index in [9.17, 15) is 4.79 Å². The zero-order valence-corrected chi connectivity index (χ0v) is 17.1. The SMILES string of the molecule is CC(=O)NCC(=Cc1cc(Cl)c(Cl)cc1Cl)B1OC(C)(C)C(C)(C)O1. The quantitative estimate of drug-likeness (QED) is 0.579. The van der Waals surface area contributed by atoms with Crippen molar-refractivity contribution in [2.45, 2.75) is 45.8 Å². The third-order valence-electron chi connectivity index (χ3n) is 4.48. The average molecular weight is 405 g/mol. The number of halogens is 3. The summed E-state index contributed by atoms with van der Waals surface area (Å²) in [6.45, 7) is 9.59. The third-order valence-corrected chi connectivity index (χ3v) is 5.53. The van der Waals surface area contributed by atoms with Gasteiger partial charge in [0.25, 0.3) is 0 Å². The number of nitrogens with one attached hydrogen (secondary N) is 1. The predicted octanol–water partition coefficient (Wildman–Crippen LogP) is 4.80. The molecule has 1 aliphatic heterocycles. The fourth-order valence-electron chi connectivity index (χ4n) is 2.27. The highest BCUT2D eigenvalue weighted by molar-refractivity contribution is 6.56. The van der Waals surface area contributed by atoms with Crippen molar-refractivity contribution in [2.24, 2.45) is 0 Å². The molecule has 0 saturated carbocycles. The lowest BCUT2D eigenvalue weighted by atomic mass is 9.77. The topological polar surface area (TPSA) is 47.6 Å². The fourth-order valence-corrected chi connectivity index (χ4v) is 2.88. The summed E-state index contributed by atoms with van der Waals surface area (Å²) in [4.78, 5) is 11.4. The largest absolute Gasteiger partial charge is 0.492 e. The minimum atomic E-state index is -0.609. The molecule has 0 aromatic heterocycles. The van der Waals surface area contributed by atoms with Gasteiger partial charge in [0.05, 0.1) is 21.2 Å². The van der Waals surface area contributed by atoms with Gasteiger partial charge in [0.15, 0.2) is 0 Å². The molecule has 0 spiro atoms. The zero-order valence-electron chi connectivity index (χ0n) is 14.9. The van der Waals surface area contributed by atoms with E-state index >= 15 is 0 Å². The average Bonchev–Trinajstić information content (AvgIpc) is 2.68. The minimum absolute atomic E-state index is 0.150. The molecular weight excluding hydrogens is 383 g/mol. The second-order valence-electron chi connectivity index (χ2n) is 7.01. The van der Waals surface area contributed by atoms with Crippen LogP contribution in [0.25, 0.3) is 6.08 Å². The van der Waals surface area contributed by atoms with Gasteiger partial charge in [-0.05, 0) is 50.9 Å². The molecule has 1 saturated heterocycles. The van der Waals surface area contributed by atoms with E-state index in [0.717, 1.165) is 5.47 Å². The molecular formula is C17H21BCl3NO3. The molecule has 1 N–H and O–H groups in total. The van der Waals surface area contributed by atoms with Gasteiger partial charge < -0.3 is 14.6 Å². The summed E-state index contributed by atoms with van der Waals surface area (Å²) < 4.78 is 12.2. The maximum atomic E-state index is 11.4. The molecule has 1 fully saturated rings. The summed E-state index contributed by atoms with van der Waals surface area (Å²) >= 11 is 18.3. The number of benzene rings is 1. The molecule has 25 heavy (non-hydrogen) atoms. The van der Waals surface area contributed by atoms with Crippen LogP contribution in [0.1, 0.15) is 40.2 Å². The normalized spacial score (nSPS) is 19.2. The van der Waals surface area contributed by atoms with Crippen LogP contribution in [0.15, 0.2) is 17.6 Å². The lowest BCUT2D eigenvalue weighted by Gasteiger charge is -2.32. The van der Waals surface area contributed by atoms with Gasteiger partial charge in [-0.15, -0.1) is 0 Å². The monoisotopic (exact) mass is 403 g/mol. The standard InChI is InChI=1S/C17H21BCl3NO3/c1-10(23)22-9-12(18-24-16(2,3)17(4,5)25-18)6-11-7-14(20)15(21)8-13(11)19/h6-8H,9H2,1-5H3,(H,22,23). The van der Waals surface area contributed by atoms with E-state index in [1.165, 1.54) is 6.92 Å². The van der Waals surface area contributed by atoms with E-state index in [1.54, 1.807) is 12.1 Å². The first-order chi connectivity index (χ1) is 11.4. The highest BCUT2D eigenvalue weighted by Gasteiger charge is 2.52. The number of hydrogen-bond acceptors (Lipinski definition) is 3. The summed E-state index contributed by atoms with van der Waals surface area (Å²) in [6.07, 6.45) is 1.81. The Bertz CT molecular complexity index is 703. The summed E-state index contributed by atoms with van der Waals surface area (Å²) in [5, 5.41) is 4.00. The Morgan fingerprint density at radius 1 is 1.08 bits per heavy atom. The third kappa shape index (κ3) is 4.72. The Balaban J connectivity index is 2.40. The lowest BCUT2D eigenvalue weighted by molar-refractivity contribution is -0.118. The molecule has 136 valence electrons. The Morgan fingerprint density at radius 2 is 1.60 bits per heavy atom. The van der Waals surface area contributed by atoms with E-state index in [2.05, 4.69) is 5.32 Å². The summed E-state index contributed by atoms with van der Waals surface area (Å²) in [5.74, 6) is -0.150. The highest BCUT2D eigenvalue weighted by atomic mass is 35.5. The van der Waals surface area contributed by atoms with Crippen molar-refractivity contribution < 1.29 is 14.1 Å². The fraction of sp³-hybridized carbons (Fsp3) is 0.471. The maximum Gasteiger partial charge on any atom is 0.492 e. The molecule has 1 aliphatic rings. The minimum Gasteiger partial charge on any atom is -0.400 e. The summed E-state index contributed by atoms with van der Waals surface area (Å²) in [5.41, 5.74) is 0.420. The van der Waals surface area contributed by atoms with Crippen molar-refractivity contribution in [3.8, 4) is 0 Å². The Labute approximate surface area is 163 Å². The second kappa shape index (κ2) is 7.49. The predicted molar refractivity (Wildman–Crippen MR) is 104 cm³/mol. The van der Waals surface area contributed by atoms with Gasteiger partial charge in [-0.1, -0.05) is 40.9 Å². The first-order valence-electron chi connectivity index (χ1n) is 7.88. The summed E-state index contributed by atoms with van der Waals surface area (Å²) in [6, 6.07) is 3.25. The van der Waals surface area contributed by atoms with Gasteiger partial charge in [0.2, 0.25) is 5.91 Å². The molecule has 0 atom stereocenters. The molecule has 0 bridgehead atoms. The van der Waals surface area contributed by atoms with Crippen molar-refractivity contribution in [1.29, 1.82) is 0 Å². The lowest BCUT2D eigenvalue weighted by Crippen LogP contribution is -2.41. The van der Waals surface area contributed by atoms with E-state index < -0.39 is 18.3 Å². The summed E-state index contributed by atoms with van der Waals surface area (Å²) in [7, 11) is -0.609. The van der Waals surface area contributed by atoms with Crippen LogP contribution in [0, 0.1) is 0 Å². The molecule has 1 aromatic rings. The molecule has 1 amide bonds. The van der Waals surface area contributed by atoms with Crippen LogP contribution in [0.5, 0.6) is 0 Å². The Morgan fingerprint density at radius 3 is 2.12 bits per heavy atom. The van der Waals surface area contributed by atoms with E-state index in [0.29, 0.717) is 20.6 Å². The second-order valence-corrected chi connectivity index (χ2v) is 8.23. The van der Waals surface area contributed by atoms with Crippen LogP contribution in [0.3, 0.4) is 0 Å². The molecule has 1 aromatic carbocycles. The van der Waals surface area contributed by atoms with Gasteiger partial charge in [-0.25, -0.2) is 0 Å². The number of rotatable bonds is 4. The molecule has 4 nitrogen and oxygen atoms in total. The van der Waals surface area contributed by atoms with Crippen molar-refractivity contribution in [3.63, 3.8) is 0 Å². The van der Waals surface area contributed by atoms with Gasteiger partial charge in [0, 0.05) is 18.5 Å². The number of hydrogen-bond donors (Lipinski definition) is 1. The zero-order chi connectivity index (χ0) is 19.0. The number of carbonyl (C=O) groups is 1. The van der Waals surface area contributed by atoms with Crippen molar-refractivity contribution in [1.82, 2.24) is 5.32 Å². The molecule has 1 heterocycles. The van der Waals surface area contributed by atoms with Crippen molar-refractivity contribution in [3.05, 3.63) is 38.2 Å². The molecule has 8 heteroatoms. The van der Waals surface area contributed by atoms with Crippen LogP contribution in [-0.4, -0.2) is 30.8 Å². The van der Waals surface area contributed by atoms with Gasteiger partial charge in [-0.2, -0.15) is 0 Å². The van der Waals surface area contributed by atoms with E-state index in [-0.39, 0.29) is 12.5 Å².